The lowest BCUT2D eigenvalue weighted by Crippen LogP contribution is -2.37. The molecular formula is C13H16N2O3S. The number of nitrogens with zero attached hydrogens (tertiary/aromatic N) is 1. The molecule has 1 rings (SSSR count). The van der Waals surface area contributed by atoms with Crippen LogP contribution < -0.4 is 4.72 Å². The van der Waals surface area contributed by atoms with Crippen molar-refractivity contribution in [3.8, 4) is 6.07 Å². The summed E-state index contributed by atoms with van der Waals surface area (Å²) in [7, 11) is -3.80. The highest BCUT2D eigenvalue weighted by molar-refractivity contribution is 7.89. The largest absolute Gasteiger partial charge is 0.295 e. The summed E-state index contributed by atoms with van der Waals surface area (Å²) < 4.78 is 26.5. The van der Waals surface area contributed by atoms with Crippen molar-refractivity contribution in [3.63, 3.8) is 0 Å². The number of rotatable bonds is 5. The van der Waals surface area contributed by atoms with Crippen LogP contribution in [0.1, 0.15) is 31.1 Å². The summed E-state index contributed by atoms with van der Waals surface area (Å²) in [6.45, 7) is 4.87. The smallest absolute Gasteiger partial charge is 0.241 e. The zero-order valence-electron chi connectivity index (χ0n) is 11.0. The molecule has 0 aliphatic carbocycles. The normalized spacial score (nSPS) is 13.0. The lowest BCUT2D eigenvalue weighted by atomic mass is 10.1. The van der Waals surface area contributed by atoms with Gasteiger partial charge in [-0.3, -0.25) is 4.79 Å². The Labute approximate surface area is 113 Å². The number of hydrogen-bond acceptors (Lipinski definition) is 4. The van der Waals surface area contributed by atoms with Gasteiger partial charge in [0.2, 0.25) is 10.0 Å². The van der Waals surface area contributed by atoms with Gasteiger partial charge in [-0.05, 0) is 25.0 Å². The number of nitriles is 1. The molecule has 0 aliphatic rings. The Balaban J connectivity index is 3.11. The first-order valence-corrected chi connectivity index (χ1v) is 7.29. The Morgan fingerprint density at radius 1 is 1.37 bits per heavy atom. The first-order chi connectivity index (χ1) is 8.77. The van der Waals surface area contributed by atoms with Crippen molar-refractivity contribution in [1.82, 2.24) is 4.72 Å². The van der Waals surface area contributed by atoms with Gasteiger partial charge >= 0.3 is 0 Å². The highest BCUT2D eigenvalue weighted by Crippen LogP contribution is 2.14. The molecule has 1 unspecified atom stereocenters. The van der Waals surface area contributed by atoms with Crippen LogP contribution in [0.25, 0.3) is 0 Å². The molecule has 1 N–H and O–H groups in total. The number of Topliss-reactive ketones (excluding diaryl/α,β-unsaturated/α-hetero) is 1. The van der Waals surface area contributed by atoms with E-state index >= 15 is 0 Å². The van der Waals surface area contributed by atoms with Gasteiger partial charge < -0.3 is 0 Å². The highest BCUT2D eigenvalue weighted by Gasteiger charge is 2.22. The van der Waals surface area contributed by atoms with E-state index in [1.807, 2.05) is 6.07 Å². The second kappa shape index (κ2) is 5.95. The molecule has 1 atom stereocenters. The highest BCUT2D eigenvalue weighted by atomic mass is 32.2. The van der Waals surface area contributed by atoms with Gasteiger partial charge in [0, 0.05) is 5.56 Å². The van der Waals surface area contributed by atoms with E-state index in [0.717, 1.165) is 0 Å². The van der Waals surface area contributed by atoms with Gasteiger partial charge in [-0.1, -0.05) is 26.0 Å². The van der Waals surface area contributed by atoms with E-state index < -0.39 is 16.1 Å². The van der Waals surface area contributed by atoms with Crippen LogP contribution in [0.2, 0.25) is 0 Å². The molecule has 0 fully saturated rings. The van der Waals surface area contributed by atoms with E-state index in [1.54, 1.807) is 19.9 Å². The summed E-state index contributed by atoms with van der Waals surface area (Å²) in [5.41, 5.74) is 0.320. The van der Waals surface area contributed by atoms with Crippen molar-refractivity contribution in [2.45, 2.75) is 31.7 Å². The molecule has 0 aliphatic heterocycles. The van der Waals surface area contributed by atoms with Gasteiger partial charge in [0.25, 0.3) is 0 Å². The van der Waals surface area contributed by atoms with E-state index in [0.29, 0.717) is 5.56 Å². The molecule has 6 heteroatoms. The summed E-state index contributed by atoms with van der Waals surface area (Å²) in [5.74, 6) is -0.353. The monoisotopic (exact) mass is 280 g/mol. The number of nitrogens with one attached hydrogen (secondary N) is 1. The molecule has 1 aromatic carbocycles. The third-order valence-electron chi connectivity index (χ3n) is 2.64. The van der Waals surface area contributed by atoms with Crippen molar-refractivity contribution in [1.29, 1.82) is 5.26 Å². The fourth-order valence-corrected chi connectivity index (χ4v) is 2.76. The van der Waals surface area contributed by atoms with E-state index in [1.165, 1.54) is 25.1 Å². The van der Waals surface area contributed by atoms with Gasteiger partial charge in [0.15, 0.2) is 5.78 Å². The quantitative estimate of drug-likeness (QED) is 0.832. The van der Waals surface area contributed by atoms with Crippen molar-refractivity contribution in [2.24, 2.45) is 5.92 Å². The lowest BCUT2D eigenvalue weighted by Gasteiger charge is -2.15. The molecule has 0 spiro atoms. The number of benzene rings is 1. The average molecular weight is 280 g/mol. The molecule has 0 radical (unpaired) electrons. The molecule has 0 aromatic heterocycles. The average Bonchev–Trinajstić information content (AvgIpc) is 2.35. The second-order valence-electron chi connectivity index (χ2n) is 4.56. The Morgan fingerprint density at radius 3 is 2.47 bits per heavy atom. The van der Waals surface area contributed by atoms with Crippen molar-refractivity contribution in [2.75, 3.05) is 0 Å². The van der Waals surface area contributed by atoms with E-state index in [-0.39, 0.29) is 16.6 Å². The first kappa shape index (κ1) is 15.3. The van der Waals surface area contributed by atoms with Crippen LogP contribution in [-0.2, 0) is 10.0 Å². The number of sulfonamides is 1. The molecule has 102 valence electrons. The Kier molecular flexibility index (Phi) is 4.81. The van der Waals surface area contributed by atoms with Crippen LogP contribution in [0.15, 0.2) is 29.2 Å². The molecule has 19 heavy (non-hydrogen) atoms. The third kappa shape index (κ3) is 3.88. The van der Waals surface area contributed by atoms with Crippen molar-refractivity contribution < 1.29 is 13.2 Å². The minimum Gasteiger partial charge on any atom is -0.295 e. The summed E-state index contributed by atoms with van der Waals surface area (Å²) >= 11 is 0. The molecule has 0 heterocycles. The van der Waals surface area contributed by atoms with E-state index in [4.69, 9.17) is 5.26 Å². The summed E-state index contributed by atoms with van der Waals surface area (Å²) in [5, 5.41) is 8.92. The van der Waals surface area contributed by atoms with Crippen LogP contribution in [0.4, 0.5) is 0 Å². The van der Waals surface area contributed by atoms with E-state index in [2.05, 4.69) is 4.72 Å². The maximum Gasteiger partial charge on any atom is 0.241 e. The predicted molar refractivity (Wildman–Crippen MR) is 71.0 cm³/mol. The van der Waals surface area contributed by atoms with Crippen molar-refractivity contribution in [3.05, 3.63) is 29.8 Å². The molecular weight excluding hydrogens is 264 g/mol. The topological polar surface area (TPSA) is 87.0 Å². The minimum atomic E-state index is -3.80. The van der Waals surface area contributed by atoms with Crippen LogP contribution in [0.3, 0.4) is 0 Å². The van der Waals surface area contributed by atoms with Gasteiger partial charge in [-0.2, -0.15) is 9.98 Å². The Hall–Kier alpha value is -1.71. The number of carbonyl (C=O) groups is 1. The zero-order valence-corrected chi connectivity index (χ0v) is 11.9. The zero-order chi connectivity index (χ0) is 14.6. The Bertz CT molecular complexity index is 615. The number of hydrogen-bond donors (Lipinski definition) is 1. The van der Waals surface area contributed by atoms with Crippen molar-refractivity contribution >= 4 is 15.8 Å². The SMILES string of the molecule is CC(=O)c1cccc(S(=O)(=O)NC(C#N)C(C)C)c1. The maximum absolute atomic E-state index is 12.1. The fourth-order valence-electron chi connectivity index (χ4n) is 1.43. The number of ketones is 1. The van der Waals surface area contributed by atoms with Gasteiger partial charge in [0.1, 0.15) is 6.04 Å². The molecule has 0 bridgehead atoms. The molecule has 0 amide bonds. The predicted octanol–water partition coefficient (Wildman–Crippen LogP) is 1.72. The molecule has 1 aromatic rings. The van der Waals surface area contributed by atoms with Crippen LogP contribution >= 0.6 is 0 Å². The summed E-state index contributed by atoms with van der Waals surface area (Å²) in [6, 6.07) is 6.85. The first-order valence-electron chi connectivity index (χ1n) is 5.81. The summed E-state index contributed by atoms with van der Waals surface area (Å²) in [4.78, 5) is 11.2. The van der Waals surface area contributed by atoms with Crippen LogP contribution in [-0.4, -0.2) is 20.2 Å². The number of carbonyl (C=O) groups excluding carboxylic acids is 1. The van der Waals surface area contributed by atoms with Gasteiger partial charge in [-0.25, -0.2) is 8.42 Å². The summed E-state index contributed by atoms with van der Waals surface area (Å²) in [6.07, 6.45) is 0. The van der Waals surface area contributed by atoms with E-state index in [9.17, 15) is 13.2 Å². The Morgan fingerprint density at radius 2 is 2.00 bits per heavy atom. The molecule has 0 saturated heterocycles. The standard InChI is InChI=1S/C13H16N2O3S/c1-9(2)13(8-14)15-19(17,18)12-6-4-5-11(7-12)10(3)16/h4-7,9,13,15H,1-3H3. The molecule has 5 nitrogen and oxygen atoms in total. The third-order valence-corrected chi connectivity index (χ3v) is 4.08. The maximum atomic E-state index is 12.1. The molecule has 0 saturated carbocycles. The van der Waals surface area contributed by atoms with Gasteiger partial charge in [0.05, 0.1) is 11.0 Å². The second-order valence-corrected chi connectivity index (χ2v) is 6.27. The van der Waals surface area contributed by atoms with Gasteiger partial charge in [-0.15, -0.1) is 0 Å². The lowest BCUT2D eigenvalue weighted by molar-refractivity contribution is 0.101. The minimum absolute atomic E-state index is 0.0129. The van der Waals surface area contributed by atoms with Crippen LogP contribution in [0, 0.1) is 17.2 Å². The van der Waals surface area contributed by atoms with Crippen LogP contribution in [0.5, 0.6) is 0 Å². The fraction of sp³-hybridized carbons (Fsp3) is 0.385.